The molecule has 1 aromatic carbocycles. The lowest BCUT2D eigenvalue weighted by Crippen LogP contribution is -2.35. The molecule has 14 heteroatoms. The Morgan fingerprint density at radius 1 is 1.26 bits per heavy atom. The van der Waals surface area contributed by atoms with Crippen molar-refractivity contribution >= 4 is 34.2 Å². The zero-order chi connectivity index (χ0) is 27.9. The number of fused-ring (bicyclic) bond motifs is 1. The molecule has 10 nitrogen and oxygen atoms in total. The normalized spacial score (nSPS) is 13.3. The van der Waals surface area contributed by atoms with Crippen LogP contribution in [0, 0.1) is 6.92 Å². The summed E-state index contributed by atoms with van der Waals surface area (Å²) in [5, 5.41) is -0.0350. The Bertz CT molecular complexity index is 1300. The summed E-state index contributed by atoms with van der Waals surface area (Å²) in [7, 11) is 1.02. The van der Waals surface area contributed by atoms with Gasteiger partial charge in [-0.2, -0.15) is 13.2 Å². The fraction of sp³-hybridized carbons (Fsp3) is 0.417. The number of nitrogens with zero attached hydrogens (tertiary/aromatic N) is 4. The number of benzene rings is 1. The first-order chi connectivity index (χ1) is 18.1. The number of alkyl halides is 3. The van der Waals surface area contributed by atoms with Gasteiger partial charge in [-0.25, -0.2) is 14.3 Å². The van der Waals surface area contributed by atoms with Crippen molar-refractivity contribution in [2.75, 3.05) is 40.5 Å². The number of hydrogen-bond acceptors (Lipinski definition) is 8. The third-order valence-corrected chi connectivity index (χ3v) is 6.69. The van der Waals surface area contributed by atoms with Crippen molar-refractivity contribution in [3.63, 3.8) is 0 Å². The van der Waals surface area contributed by atoms with Gasteiger partial charge in [-0.1, -0.05) is 12.1 Å². The smallest absolute Gasteiger partial charge is 0.422 e. The summed E-state index contributed by atoms with van der Waals surface area (Å²) < 4.78 is 67.6. The average molecular weight is 557 g/mol. The Morgan fingerprint density at radius 2 is 2.00 bits per heavy atom. The molecule has 2 aromatic heterocycles. The first-order valence-corrected chi connectivity index (χ1v) is 12.7. The highest BCUT2D eigenvalue weighted by Gasteiger charge is 2.29. The predicted octanol–water partition coefficient (Wildman–Crippen LogP) is 3.12. The van der Waals surface area contributed by atoms with Crippen LogP contribution in [-0.2, 0) is 30.8 Å². The fourth-order valence-electron chi connectivity index (χ4n) is 3.38. The molecule has 1 unspecified atom stereocenters. The number of para-hydroxylation sites is 2. The van der Waals surface area contributed by atoms with Crippen LogP contribution in [0.1, 0.15) is 11.3 Å². The van der Waals surface area contributed by atoms with Crippen LogP contribution in [0.25, 0.3) is 11.0 Å². The van der Waals surface area contributed by atoms with E-state index in [9.17, 15) is 27.0 Å². The second-order valence-corrected chi connectivity index (χ2v) is 9.53. The molecule has 3 aromatic rings. The molecule has 2 heterocycles. The van der Waals surface area contributed by atoms with Crippen molar-refractivity contribution in [2.24, 2.45) is 0 Å². The van der Waals surface area contributed by atoms with Crippen LogP contribution < -0.4 is 4.74 Å². The predicted molar refractivity (Wildman–Crippen MR) is 131 cm³/mol. The Balaban J connectivity index is 1.81. The molecule has 2 atom stereocenters. The molecule has 0 aliphatic rings. The number of carbonyl (C=O) groups is 2. The fourth-order valence-corrected chi connectivity index (χ4v) is 4.63. The number of methoxy groups -OCH3 is 1. The minimum Gasteiger partial charge on any atom is -0.484 e. The SMILES string of the molecule is COC(C=O)COCCN(C)C(=O)n1c([S@](=O)Cc2nccc(OCC(F)(F)F)c2C)nc2ccccc21. The number of hydrogen-bond donors (Lipinski definition) is 0. The van der Waals surface area contributed by atoms with Crippen LogP contribution in [0.15, 0.2) is 41.7 Å². The Morgan fingerprint density at radius 3 is 2.68 bits per heavy atom. The van der Waals surface area contributed by atoms with Crippen molar-refractivity contribution < 1.29 is 41.2 Å². The maximum atomic E-state index is 13.4. The molecular weight excluding hydrogens is 529 g/mol. The van der Waals surface area contributed by atoms with Gasteiger partial charge in [-0.05, 0) is 25.1 Å². The van der Waals surface area contributed by atoms with E-state index in [0.717, 1.165) is 0 Å². The third-order valence-electron chi connectivity index (χ3n) is 5.48. The summed E-state index contributed by atoms with van der Waals surface area (Å²) in [6.07, 6.45) is -3.34. The first-order valence-electron chi connectivity index (χ1n) is 11.4. The number of pyridine rings is 1. The number of amides is 1. The highest BCUT2D eigenvalue weighted by atomic mass is 32.2. The molecule has 0 spiro atoms. The summed E-state index contributed by atoms with van der Waals surface area (Å²) in [5.74, 6) is -0.235. The number of halogens is 3. The highest BCUT2D eigenvalue weighted by Crippen LogP contribution is 2.26. The molecule has 1 amide bonds. The van der Waals surface area contributed by atoms with Crippen LogP contribution >= 0.6 is 0 Å². The lowest BCUT2D eigenvalue weighted by molar-refractivity contribution is -0.153. The summed E-state index contributed by atoms with van der Waals surface area (Å²) in [6.45, 7) is 0.359. The largest absolute Gasteiger partial charge is 0.484 e. The molecule has 0 aliphatic heterocycles. The molecule has 0 saturated carbocycles. The van der Waals surface area contributed by atoms with Crippen LogP contribution in [0.4, 0.5) is 18.0 Å². The van der Waals surface area contributed by atoms with E-state index in [0.29, 0.717) is 22.9 Å². The van der Waals surface area contributed by atoms with Crippen LogP contribution in [-0.4, -0.2) is 88.8 Å². The van der Waals surface area contributed by atoms with Crippen molar-refractivity contribution in [1.29, 1.82) is 0 Å². The lowest BCUT2D eigenvalue weighted by Gasteiger charge is -2.19. The highest BCUT2D eigenvalue weighted by molar-refractivity contribution is 7.84. The van der Waals surface area contributed by atoms with Crippen LogP contribution in [0.2, 0.25) is 0 Å². The lowest BCUT2D eigenvalue weighted by atomic mass is 10.2. The van der Waals surface area contributed by atoms with Gasteiger partial charge in [0.25, 0.3) is 0 Å². The number of imidazole rings is 1. The Hall–Kier alpha value is -3.36. The molecule has 0 fully saturated rings. The van der Waals surface area contributed by atoms with Crippen molar-refractivity contribution in [3.8, 4) is 5.75 Å². The third kappa shape index (κ3) is 7.36. The summed E-state index contributed by atoms with van der Waals surface area (Å²) in [6, 6.07) is 7.54. The number of ether oxygens (including phenoxy) is 3. The molecule has 0 N–H and O–H groups in total. The summed E-state index contributed by atoms with van der Waals surface area (Å²) in [5.41, 5.74) is 1.42. The van der Waals surface area contributed by atoms with Gasteiger partial charge in [0.2, 0.25) is 5.16 Å². The zero-order valence-electron chi connectivity index (χ0n) is 20.9. The van der Waals surface area contributed by atoms with E-state index >= 15 is 0 Å². The van der Waals surface area contributed by atoms with Crippen molar-refractivity contribution in [3.05, 3.63) is 47.8 Å². The van der Waals surface area contributed by atoms with Gasteiger partial charge in [0.15, 0.2) is 12.9 Å². The van der Waals surface area contributed by atoms with E-state index in [1.165, 1.54) is 42.8 Å². The van der Waals surface area contributed by atoms with E-state index in [1.54, 1.807) is 24.3 Å². The van der Waals surface area contributed by atoms with Crippen molar-refractivity contribution in [2.45, 2.75) is 30.1 Å². The number of aromatic nitrogens is 3. The van der Waals surface area contributed by atoms with Gasteiger partial charge in [-0.3, -0.25) is 9.19 Å². The topological polar surface area (TPSA) is 113 Å². The molecule has 0 bridgehead atoms. The minimum absolute atomic E-state index is 0.0288. The average Bonchev–Trinajstić information content (AvgIpc) is 3.28. The summed E-state index contributed by atoms with van der Waals surface area (Å²) >= 11 is 0. The quantitative estimate of drug-likeness (QED) is 0.247. The van der Waals surface area contributed by atoms with E-state index in [4.69, 9.17) is 14.2 Å². The molecule has 38 heavy (non-hydrogen) atoms. The molecule has 3 rings (SSSR count). The Kier molecular flexibility index (Phi) is 9.94. The monoisotopic (exact) mass is 556 g/mol. The maximum absolute atomic E-state index is 13.4. The van der Waals surface area contributed by atoms with E-state index < -0.39 is 35.7 Å². The summed E-state index contributed by atoms with van der Waals surface area (Å²) in [4.78, 5) is 34.1. The number of likely N-dealkylation sites (N-methyl/N-ethyl adjacent to an activating group) is 1. The molecule has 0 saturated heterocycles. The van der Waals surface area contributed by atoms with E-state index in [1.807, 2.05) is 0 Å². The van der Waals surface area contributed by atoms with Gasteiger partial charge < -0.3 is 23.9 Å². The second-order valence-electron chi connectivity index (χ2n) is 8.18. The zero-order valence-corrected chi connectivity index (χ0v) is 21.8. The van der Waals surface area contributed by atoms with Gasteiger partial charge in [-0.15, -0.1) is 0 Å². The molecule has 206 valence electrons. The number of carbonyl (C=O) groups excluding carboxylic acids is 2. The van der Waals surface area contributed by atoms with Crippen molar-refractivity contribution in [1.82, 2.24) is 19.4 Å². The molecule has 0 radical (unpaired) electrons. The standard InChI is InChI=1S/C24H27F3N4O6S/c1-16-19(28-9-8-21(16)37-15-24(25,26)27)14-38(34)22-29-18-6-4-5-7-20(18)31(22)23(33)30(2)10-11-36-13-17(12-32)35-3/h4-9,12,17H,10-11,13-15H2,1-3H3/t17?,38-/m1/s1. The van der Waals surface area contributed by atoms with Gasteiger partial charge >= 0.3 is 12.2 Å². The van der Waals surface area contributed by atoms with Crippen LogP contribution in [0.3, 0.4) is 0 Å². The number of rotatable bonds is 12. The molecular formula is C24H27F3N4O6S. The number of aldehydes is 1. The van der Waals surface area contributed by atoms with Gasteiger partial charge in [0.1, 0.15) is 11.9 Å². The molecule has 0 aliphatic carbocycles. The van der Waals surface area contributed by atoms with Gasteiger partial charge in [0.05, 0.1) is 46.5 Å². The van der Waals surface area contributed by atoms with Gasteiger partial charge in [0, 0.05) is 32.5 Å². The second kappa shape index (κ2) is 12.9. The minimum atomic E-state index is -4.51. The first kappa shape index (κ1) is 29.2. The van der Waals surface area contributed by atoms with Crippen LogP contribution in [0.5, 0.6) is 5.75 Å². The Labute approximate surface area is 219 Å². The van der Waals surface area contributed by atoms with E-state index in [2.05, 4.69) is 9.97 Å². The maximum Gasteiger partial charge on any atom is 0.422 e. The van der Waals surface area contributed by atoms with E-state index in [-0.39, 0.29) is 42.1 Å².